The van der Waals surface area contributed by atoms with Gasteiger partial charge in [0.2, 0.25) is 0 Å². The van der Waals surface area contributed by atoms with Gasteiger partial charge in [0.05, 0.1) is 11.9 Å². The van der Waals surface area contributed by atoms with Crippen molar-refractivity contribution >= 4 is 17.3 Å². The van der Waals surface area contributed by atoms with Gasteiger partial charge in [-0.3, -0.25) is 10.00 Å². The molecule has 0 unspecified atom stereocenters. The minimum atomic E-state index is -0.230. The molecule has 0 spiro atoms. The number of hydrogen-bond acceptors (Lipinski definition) is 3. The molecule has 1 N–H and O–H groups in total. The molecule has 1 aromatic heterocycles. The summed E-state index contributed by atoms with van der Waals surface area (Å²) < 4.78 is 13.2. The summed E-state index contributed by atoms with van der Waals surface area (Å²) in [4.78, 5) is 4.78. The standard InChI is InChI=1S/C20H20ClFN4/c21-17-2-1-3-19(12-17)26-10-8-25(9-11-26)14-16-13-23-24-20(16)15-4-6-18(22)7-5-15/h1-7,12-13H,8-11,14H2,(H,23,24). The Balaban J connectivity index is 1.41. The number of halogens is 2. The first-order valence-electron chi connectivity index (χ1n) is 8.70. The van der Waals surface area contributed by atoms with E-state index in [1.165, 1.54) is 17.8 Å². The zero-order valence-corrected chi connectivity index (χ0v) is 15.1. The van der Waals surface area contributed by atoms with Gasteiger partial charge in [-0.25, -0.2) is 4.39 Å². The quantitative estimate of drug-likeness (QED) is 0.747. The van der Waals surface area contributed by atoms with Crippen molar-refractivity contribution in [1.82, 2.24) is 15.1 Å². The fourth-order valence-corrected chi connectivity index (χ4v) is 3.56. The maximum atomic E-state index is 13.2. The predicted molar refractivity (Wildman–Crippen MR) is 103 cm³/mol. The van der Waals surface area contributed by atoms with Crippen molar-refractivity contribution in [3.63, 3.8) is 0 Å². The van der Waals surface area contributed by atoms with Gasteiger partial charge < -0.3 is 4.90 Å². The lowest BCUT2D eigenvalue weighted by Gasteiger charge is -2.36. The summed E-state index contributed by atoms with van der Waals surface area (Å²) in [6.45, 7) is 4.70. The van der Waals surface area contributed by atoms with Gasteiger partial charge in [0, 0.05) is 54.6 Å². The van der Waals surface area contributed by atoms with E-state index in [4.69, 9.17) is 11.6 Å². The van der Waals surface area contributed by atoms with Crippen LogP contribution in [0.2, 0.25) is 5.02 Å². The van der Waals surface area contributed by atoms with Crippen molar-refractivity contribution in [2.45, 2.75) is 6.54 Å². The van der Waals surface area contributed by atoms with Gasteiger partial charge in [-0.15, -0.1) is 0 Å². The van der Waals surface area contributed by atoms with Crippen LogP contribution in [0.3, 0.4) is 0 Å². The van der Waals surface area contributed by atoms with Crippen LogP contribution in [0.5, 0.6) is 0 Å². The Bertz CT molecular complexity index is 870. The molecule has 0 bridgehead atoms. The number of anilines is 1. The maximum absolute atomic E-state index is 13.2. The Kier molecular flexibility index (Phi) is 4.91. The van der Waals surface area contributed by atoms with Gasteiger partial charge in [-0.1, -0.05) is 17.7 Å². The summed E-state index contributed by atoms with van der Waals surface area (Å²) in [5, 5.41) is 8.01. The van der Waals surface area contributed by atoms with Crippen LogP contribution in [0.4, 0.5) is 10.1 Å². The number of nitrogens with zero attached hydrogens (tertiary/aromatic N) is 3. The number of rotatable bonds is 4. The number of aromatic nitrogens is 2. The van der Waals surface area contributed by atoms with E-state index >= 15 is 0 Å². The number of benzene rings is 2. The number of hydrogen-bond donors (Lipinski definition) is 1. The molecule has 4 nitrogen and oxygen atoms in total. The van der Waals surface area contributed by atoms with Crippen molar-refractivity contribution < 1.29 is 4.39 Å². The van der Waals surface area contributed by atoms with Crippen LogP contribution in [0.25, 0.3) is 11.3 Å². The van der Waals surface area contributed by atoms with Gasteiger partial charge in [-0.2, -0.15) is 5.10 Å². The van der Waals surface area contributed by atoms with Gasteiger partial charge >= 0.3 is 0 Å². The van der Waals surface area contributed by atoms with Gasteiger partial charge in [0.15, 0.2) is 0 Å². The predicted octanol–water partition coefficient (Wildman–Crippen LogP) is 4.19. The minimum absolute atomic E-state index is 0.230. The molecule has 134 valence electrons. The molecule has 3 aromatic rings. The third-order valence-corrected chi connectivity index (χ3v) is 5.03. The highest BCUT2D eigenvalue weighted by Gasteiger charge is 2.19. The molecule has 1 aliphatic heterocycles. The second-order valence-electron chi connectivity index (χ2n) is 6.52. The molecule has 1 aliphatic rings. The van der Waals surface area contributed by atoms with Gasteiger partial charge in [0.25, 0.3) is 0 Å². The smallest absolute Gasteiger partial charge is 0.123 e. The van der Waals surface area contributed by atoms with Gasteiger partial charge in [-0.05, 0) is 42.5 Å². The highest BCUT2D eigenvalue weighted by Crippen LogP contribution is 2.24. The molecule has 2 aromatic carbocycles. The molecule has 0 radical (unpaired) electrons. The fourth-order valence-electron chi connectivity index (χ4n) is 3.38. The third-order valence-electron chi connectivity index (χ3n) is 4.79. The molecule has 0 aliphatic carbocycles. The van der Waals surface area contributed by atoms with Crippen LogP contribution >= 0.6 is 11.6 Å². The zero-order valence-electron chi connectivity index (χ0n) is 14.3. The van der Waals surface area contributed by atoms with Crippen LogP contribution in [0.15, 0.2) is 54.7 Å². The molecular weight excluding hydrogens is 351 g/mol. The van der Waals surface area contributed by atoms with Crippen molar-refractivity contribution in [1.29, 1.82) is 0 Å². The maximum Gasteiger partial charge on any atom is 0.123 e. The van der Waals surface area contributed by atoms with Crippen molar-refractivity contribution in [2.24, 2.45) is 0 Å². The van der Waals surface area contributed by atoms with Crippen molar-refractivity contribution in [3.05, 3.63) is 71.1 Å². The van der Waals surface area contributed by atoms with Crippen LogP contribution in [0.1, 0.15) is 5.56 Å². The summed E-state index contributed by atoms with van der Waals surface area (Å²) in [6.07, 6.45) is 1.86. The molecule has 1 saturated heterocycles. The topological polar surface area (TPSA) is 35.2 Å². The van der Waals surface area contributed by atoms with E-state index in [0.29, 0.717) is 0 Å². The van der Waals surface area contributed by atoms with E-state index in [9.17, 15) is 4.39 Å². The number of piperazine rings is 1. The number of nitrogens with one attached hydrogen (secondary N) is 1. The van der Waals surface area contributed by atoms with E-state index in [2.05, 4.69) is 26.1 Å². The molecule has 4 rings (SSSR count). The van der Waals surface area contributed by atoms with E-state index in [1.807, 2.05) is 24.4 Å². The van der Waals surface area contributed by atoms with Crippen LogP contribution in [-0.4, -0.2) is 41.3 Å². The van der Waals surface area contributed by atoms with Crippen LogP contribution in [-0.2, 0) is 6.54 Å². The first-order chi connectivity index (χ1) is 12.7. The van der Waals surface area contributed by atoms with E-state index in [-0.39, 0.29) is 5.82 Å². The zero-order chi connectivity index (χ0) is 17.9. The Morgan fingerprint density at radius 3 is 2.54 bits per heavy atom. The molecule has 26 heavy (non-hydrogen) atoms. The van der Waals surface area contributed by atoms with Crippen LogP contribution < -0.4 is 4.90 Å². The summed E-state index contributed by atoms with van der Waals surface area (Å²) in [5.74, 6) is -0.230. The Labute approximate surface area is 157 Å². The largest absolute Gasteiger partial charge is 0.369 e. The molecule has 2 heterocycles. The number of aromatic amines is 1. The van der Waals surface area contributed by atoms with E-state index in [0.717, 1.165) is 54.6 Å². The highest BCUT2D eigenvalue weighted by molar-refractivity contribution is 6.30. The fraction of sp³-hybridized carbons (Fsp3) is 0.250. The Morgan fingerprint density at radius 2 is 1.81 bits per heavy atom. The Hall–Kier alpha value is -2.37. The van der Waals surface area contributed by atoms with Crippen molar-refractivity contribution in [3.8, 4) is 11.3 Å². The second kappa shape index (κ2) is 7.48. The molecule has 1 fully saturated rings. The van der Waals surface area contributed by atoms with Crippen molar-refractivity contribution in [2.75, 3.05) is 31.1 Å². The lowest BCUT2D eigenvalue weighted by atomic mass is 10.1. The molecule has 0 amide bonds. The first-order valence-corrected chi connectivity index (χ1v) is 9.08. The average molecular weight is 371 g/mol. The highest BCUT2D eigenvalue weighted by atomic mass is 35.5. The minimum Gasteiger partial charge on any atom is -0.369 e. The lowest BCUT2D eigenvalue weighted by molar-refractivity contribution is 0.250. The summed E-state index contributed by atoms with van der Waals surface area (Å²) in [7, 11) is 0. The SMILES string of the molecule is Fc1ccc(-c2[nH]ncc2CN2CCN(c3cccc(Cl)c3)CC2)cc1. The first kappa shape index (κ1) is 17.1. The monoisotopic (exact) mass is 370 g/mol. The van der Waals surface area contributed by atoms with E-state index in [1.54, 1.807) is 12.1 Å². The Morgan fingerprint density at radius 1 is 1.04 bits per heavy atom. The normalized spacial score (nSPS) is 15.4. The summed E-state index contributed by atoms with van der Waals surface area (Å²) in [5.41, 5.74) is 4.22. The molecular formula is C20H20ClFN4. The second-order valence-corrected chi connectivity index (χ2v) is 6.96. The molecule has 0 saturated carbocycles. The summed E-state index contributed by atoms with van der Waals surface area (Å²) >= 11 is 6.10. The number of H-pyrrole nitrogens is 1. The lowest BCUT2D eigenvalue weighted by Crippen LogP contribution is -2.46. The summed E-state index contributed by atoms with van der Waals surface area (Å²) in [6, 6.07) is 14.5. The molecule has 6 heteroatoms. The van der Waals surface area contributed by atoms with E-state index < -0.39 is 0 Å². The van der Waals surface area contributed by atoms with Crippen LogP contribution in [0, 0.1) is 5.82 Å². The third kappa shape index (κ3) is 3.74. The molecule has 0 atom stereocenters. The van der Waals surface area contributed by atoms with Gasteiger partial charge in [0.1, 0.15) is 5.82 Å². The average Bonchev–Trinajstić information content (AvgIpc) is 3.11.